The van der Waals surface area contributed by atoms with E-state index in [0.29, 0.717) is 41.3 Å². The smallest absolute Gasteiger partial charge is 0.249 e. The number of benzene rings is 2. The number of methoxy groups -OCH3 is 1. The lowest BCUT2D eigenvalue weighted by molar-refractivity contribution is -0.141. The van der Waals surface area contributed by atoms with Crippen LogP contribution in [0.4, 0.5) is 0 Å². The molecular weight excluding hydrogens is 538 g/mol. The monoisotopic (exact) mass is 579 g/mol. The molecule has 3 aromatic rings. The molecule has 220 valence electrons. The van der Waals surface area contributed by atoms with Crippen LogP contribution < -0.4 is 4.74 Å². The first kappa shape index (κ1) is 29.4. The van der Waals surface area contributed by atoms with Gasteiger partial charge in [0, 0.05) is 43.5 Å². The Labute approximate surface area is 243 Å². The second-order valence-corrected chi connectivity index (χ2v) is 13.1. The molecule has 0 N–H and O–H groups in total. The molecule has 0 aliphatic carbocycles. The minimum Gasteiger partial charge on any atom is -0.497 e. The molecule has 5 rings (SSSR count). The summed E-state index contributed by atoms with van der Waals surface area (Å²) in [7, 11) is -2.17. The summed E-state index contributed by atoms with van der Waals surface area (Å²) in [5.74, 6) is 0.669. The number of hydrogen-bond acceptors (Lipinski definition) is 5. The summed E-state index contributed by atoms with van der Waals surface area (Å²) in [5, 5.41) is 0. The molecule has 9 heteroatoms. The van der Waals surface area contributed by atoms with Crippen LogP contribution in [0, 0.1) is 13.8 Å². The topological polar surface area (TPSA) is 81.1 Å². The highest BCUT2D eigenvalue weighted by Crippen LogP contribution is 2.38. The normalized spacial score (nSPS) is 20.4. The van der Waals surface area contributed by atoms with Gasteiger partial charge in [0.2, 0.25) is 15.9 Å². The number of aromatic nitrogens is 1. The molecule has 1 fully saturated rings. The van der Waals surface area contributed by atoms with Gasteiger partial charge in [-0.1, -0.05) is 43.7 Å². The van der Waals surface area contributed by atoms with Gasteiger partial charge in [0.1, 0.15) is 12.4 Å². The van der Waals surface area contributed by atoms with Crippen molar-refractivity contribution in [1.82, 2.24) is 13.8 Å². The second kappa shape index (κ2) is 12.4. The van der Waals surface area contributed by atoms with Crippen molar-refractivity contribution in [3.05, 3.63) is 83.2 Å². The number of fused-ring (bicyclic) bond motifs is 1. The Bertz CT molecular complexity index is 1450. The third kappa shape index (κ3) is 5.94. The molecule has 0 radical (unpaired) electrons. The van der Waals surface area contributed by atoms with Crippen LogP contribution in [-0.2, 0) is 26.1 Å². The Hall–Kier alpha value is -3.14. The van der Waals surface area contributed by atoms with Crippen molar-refractivity contribution < 1.29 is 22.7 Å². The van der Waals surface area contributed by atoms with E-state index in [1.165, 1.54) is 5.56 Å². The highest BCUT2D eigenvalue weighted by molar-refractivity contribution is 7.89. The molecule has 2 aliphatic rings. The van der Waals surface area contributed by atoms with Gasteiger partial charge in [0.25, 0.3) is 0 Å². The summed E-state index contributed by atoms with van der Waals surface area (Å²) >= 11 is 0. The number of nitrogens with zero attached hydrogens (tertiary/aromatic N) is 3. The summed E-state index contributed by atoms with van der Waals surface area (Å²) in [6.07, 6.45) is 4.50. The van der Waals surface area contributed by atoms with Gasteiger partial charge in [-0.15, -0.1) is 0 Å². The zero-order valence-corrected chi connectivity index (χ0v) is 25.3. The predicted molar refractivity (Wildman–Crippen MR) is 159 cm³/mol. The number of carbonyl (C=O) groups is 1. The lowest BCUT2D eigenvalue weighted by Crippen LogP contribution is -2.48. The lowest BCUT2D eigenvalue weighted by Gasteiger charge is -2.40. The average Bonchev–Trinajstić information content (AvgIpc) is 3.45. The number of aryl methyl sites for hydroxylation is 2. The van der Waals surface area contributed by atoms with E-state index in [2.05, 4.69) is 35.9 Å². The van der Waals surface area contributed by atoms with Crippen molar-refractivity contribution in [2.45, 2.75) is 69.5 Å². The van der Waals surface area contributed by atoms with E-state index in [-0.39, 0.29) is 37.1 Å². The molecule has 3 heterocycles. The van der Waals surface area contributed by atoms with Gasteiger partial charge in [-0.05, 0) is 67.6 Å². The highest BCUT2D eigenvalue weighted by atomic mass is 32.2. The van der Waals surface area contributed by atoms with Crippen LogP contribution in [0.3, 0.4) is 0 Å². The maximum absolute atomic E-state index is 13.9. The fourth-order valence-electron chi connectivity index (χ4n) is 6.53. The molecule has 0 saturated carbocycles. The number of hydrogen-bond donors (Lipinski definition) is 0. The van der Waals surface area contributed by atoms with Crippen LogP contribution in [-0.4, -0.2) is 67.6 Å². The van der Waals surface area contributed by atoms with E-state index in [0.717, 1.165) is 25.1 Å². The minimum atomic E-state index is -3.75. The lowest BCUT2D eigenvalue weighted by atomic mass is 9.89. The number of piperidine rings is 1. The summed E-state index contributed by atoms with van der Waals surface area (Å²) in [6.45, 7) is 7.66. The van der Waals surface area contributed by atoms with Gasteiger partial charge >= 0.3 is 0 Å². The largest absolute Gasteiger partial charge is 0.497 e. The van der Waals surface area contributed by atoms with Gasteiger partial charge in [-0.25, -0.2) is 8.42 Å². The van der Waals surface area contributed by atoms with Crippen LogP contribution in [0.15, 0.2) is 65.7 Å². The van der Waals surface area contributed by atoms with E-state index >= 15 is 0 Å². The predicted octanol–water partition coefficient (Wildman–Crippen LogP) is 5.06. The molecule has 8 nitrogen and oxygen atoms in total. The molecule has 3 unspecified atom stereocenters. The Balaban J connectivity index is 1.29. The van der Waals surface area contributed by atoms with Gasteiger partial charge in [-0.2, -0.15) is 4.31 Å². The zero-order valence-electron chi connectivity index (χ0n) is 24.5. The first-order valence-corrected chi connectivity index (χ1v) is 15.9. The fourth-order valence-corrected chi connectivity index (χ4v) is 8.63. The van der Waals surface area contributed by atoms with Crippen molar-refractivity contribution >= 4 is 15.9 Å². The molecule has 2 aliphatic heterocycles. The van der Waals surface area contributed by atoms with Crippen LogP contribution in [0.5, 0.6) is 5.75 Å². The van der Waals surface area contributed by atoms with E-state index in [1.54, 1.807) is 37.4 Å². The minimum absolute atomic E-state index is 0.0720. The third-order valence-corrected chi connectivity index (χ3v) is 10.8. The van der Waals surface area contributed by atoms with Gasteiger partial charge in [-0.3, -0.25) is 4.79 Å². The van der Waals surface area contributed by atoms with E-state index < -0.39 is 10.0 Å². The maximum atomic E-state index is 13.9. The molecule has 1 amide bonds. The van der Waals surface area contributed by atoms with Crippen LogP contribution >= 0.6 is 0 Å². The van der Waals surface area contributed by atoms with E-state index in [9.17, 15) is 13.2 Å². The quantitative estimate of drug-likeness (QED) is 0.354. The summed E-state index contributed by atoms with van der Waals surface area (Å²) in [5.41, 5.74) is 3.63. The molecule has 0 bridgehead atoms. The Kier molecular flexibility index (Phi) is 8.87. The average molecular weight is 580 g/mol. The number of ether oxygens (including phenoxy) is 2. The summed E-state index contributed by atoms with van der Waals surface area (Å²) in [4.78, 5) is 15.9. The number of rotatable bonds is 9. The van der Waals surface area contributed by atoms with Crippen molar-refractivity contribution in [3.8, 4) is 5.75 Å². The Morgan fingerprint density at radius 2 is 1.73 bits per heavy atom. The second-order valence-electron chi connectivity index (χ2n) is 11.2. The van der Waals surface area contributed by atoms with Gasteiger partial charge in [0.05, 0.1) is 24.7 Å². The van der Waals surface area contributed by atoms with E-state index in [4.69, 9.17) is 9.47 Å². The standard InChI is InChI=1S/C32H41N3O5S/c1-23-19-28(39-4)20-24(2)32(23)41(37,38)35-16-9-8-13-27(35)21-40-22-30(36)34-18-17-33-15-10-14-29(33)31(34)25(3)26-11-6-5-7-12-26/h5-7,10-12,14-15,19-20,25,27,31H,8-9,13,16-18,21-22H2,1-4H3. The highest BCUT2D eigenvalue weighted by Gasteiger charge is 2.37. The molecule has 3 atom stereocenters. The van der Waals surface area contributed by atoms with Crippen molar-refractivity contribution in [2.75, 3.05) is 33.4 Å². The molecule has 2 aromatic carbocycles. The number of carbonyl (C=O) groups excluding carboxylic acids is 1. The van der Waals surface area contributed by atoms with Crippen molar-refractivity contribution in [3.63, 3.8) is 0 Å². The Morgan fingerprint density at radius 1 is 1.00 bits per heavy atom. The third-order valence-electron chi connectivity index (χ3n) is 8.55. The molecule has 41 heavy (non-hydrogen) atoms. The van der Waals surface area contributed by atoms with Gasteiger partial charge < -0.3 is 18.9 Å². The summed E-state index contributed by atoms with van der Waals surface area (Å²) in [6, 6.07) is 17.5. The van der Waals surface area contributed by atoms with Crippen LogP contribution in [0.25, 0.3) is 0 Å². The van der Waals surface area contributed by atoms with Crippen molar-refractivity contribution in [1.29, 1.82) is 0 Å². The molecular formula is C32H41N3O5S. The molecule has 0 spiro atoms. The van der Waals surface area contributed by atoms with Crippen LogP contribution in [0.2, 0.25) is 0 Å². The molecule has 1 saturated heterocycles. The molecule has 1 aromatic heterocycles. The zero-order chi connectivity index (χ0) is 29.1. The number of sulfonamides is 1. The summed E-state index contributed by atoms with van der Waals surface area (Å²) < 4.78 is 42.9. The van der Waals surface area contributed by atoms with Gasteiger partial charge in [0.15, 0.2) is 0 Å². The Morgan fingerprint density at radius 3 is 2.44 bits per heavy atom. The maximum Gasteiger partial charge on any atom is 0.249 e. The van der Waals surface area contributed by atoms with E-state index in [1.807, 2.05) is 29.2 Å². The van der Waals surface area contributed by atoms with Crippen LogP contribution in [0.1, 0.15) is 60.5 Å². The fraction of sp³-hybridized carbons (Fsp3) is 0.469. The van der Waals surface area contributed by atoms with Crippen molar-refractivity contribution in [2.24, 2.45) is 0 Å². The first-order chi connectivity index (χ1) is 19.7. The number of amides is 1. The SMILES string of the molecule is COc1cc(C)c(S(=O)(=O)N2CCCCC2COCC(=O)N2CCn3cccc3C2C(C)c2ccccc2)c(C)c1. The first-order valence-electron chi connectivity index (χ1n) is 14.5.